The highest BCUT2D eigenvalue weighted by atomic mass is 16.6. The third-order valence-corrected chi connectivity index (χ3v) is 6.12. The van der Waals surface area contributed by atoms with Crippen LogP contribution in [0.5, 0.6) is 11.5 Å². The Kier molecular flexibility index (Phi) is 10.5. The van der Waals surface area contributed by atoms with Gasteiger partial charge in [0, 0.05) is 12.5 Å². The number of unbranched alkanes of at least 4 members (excludes halogenated alkanes) is 1. The lowest BCUT2D eigenvalue weighted by Crippen LogP contribution is -2.37. The second kappa shape index (κ2) is 14.1. The number of nitriles is 1. The smallest absolute Gasteiger partial charge is 0.343 e. The van der Waals surface area contributed by atoms with Crippen LogP contribution >= 0.6 is 0 Å². The van der Waals surface area contributed by atoms with Gasteiger partial charge in [0.15, 0.2) is 0 Å². The van der Waals surface area contributed by atoms with Crippen molar-refractivity contribution in [3.05, 3.63) is 65.7 Å². The second-order valence-electron chi connectivity index (χ2n) is 8.94. The summed E-state index contributed by atoms with van der Waals surface area (Å²) in [5.41, 5.74) is 1.13. The topological polar surface area (TPSA) is 106 Å². The van der Waals surface area contributed by atoms with Crippen molar-refractivity contribution in [3.63, 3.8) is 0 Å². The number of rotatable bonds is 11. The van der Waals surface area contributed by atoms with Gasteiger partial charge in [-0.15, -0.1) is 0 Å². The van der Waals surface area contributed by atoms with Crippen molar-refractivity contribution in [1.82, 2.24) is 0 Å². The van der Waals surface area contributed by atoms with Gasteiger partial charge in [0.05, 0.1) is 24.3 Å². The van der Waals surface area contributed by atoms with E-state index in [1.165, 1.54) is 6.08 Å². The highest BCUT2D eigenvalue weighted by Crippen LogP contribution is 2.30. The van der Waals surface area contributed by atoms with Crippen LogP contribution in [-0.2, 0) is 9.53 Å². The fourth-order valence-corrected chi connectivity index (χ4v) is 4.19. The molecule has 3 rings (SSSR count). The molecule has 0 saturated heterocycles. The van der Waals surface area contributed by atoms with Crippen LogP contribution in [0.2, 0.25) is 0 Å². The average Bonchev–Trinajstić information content (AvgIpc) is 2.89. The Bertz CT molecular complexity index is 1050. The summed E-state index contributed by atoms with van der Waals surface area (Å²) in [6, 6.07) is 15.4. The van der Waals surface area contributed by atoms with Crippen molar-refractivity contribution in [1.29, 1.82) is 5.26 Å². The lowest BCUT2D eigenvalue weighted by molar-refractivity contribution is -0.153. The van der Waals surface area contributed by atoms with Crippen LogP contribution in [0.25, 0.3) is 6.08 Å². The van der Waals surface area contributed by atoms with Gasteiger partial charge in [-0.2, -0.15) is 5.26 Å². The molecule has 0 radical (unpaired) electrons. The van der Waals surface area contributed by atoms with Crippen molar-refractivity contribution in [2.75, 3.05) is 6.61 Å². The number of nitrogens with zero attached hydrogens (tertiary/aromatic N) is 1. The quantitative estimate of drug-likeness (QED) is 0.192. The highest BCUT2D eigenvalue weighted by Gasteiger charge is 2.31. The number of benzene rings is 2. The SMILES string of the molecule is CCCC1CCC(O)C(OC(=O)/C=C/c2ccc(OC(=O)c3ccc(OCCCC#N)cc3)cc2)C1. The summed E-state index contributed by atoms with van der Waals surface area (Å²) in [6.07, 6.45) is 7.49. The molecule has 0 aromatic heterocycles. The molecule has 0 bridgehead atoms. The molecule has 3 atom stereocenters. The maximum atomic E-state index is 12.4. The van der Waals surface area contributed by atoms with E-state index in [9.17, 15) is 14.7 Å². The molecule has 7 heteroatoms. The molecule has 190 valence electrons. The van der Waals surface area contributed by atoms with Crippen molar-refractivity contribution >= 4 is 18.0 Å². The summed E-state index contributed by atoms with van der Waals surface area (Å²) in [4.78, 5) is 24.7. The Morgan fingerprint density at radius 1 is 1.08 bits per heavy atom. The van der Waals surface area contributed by atoms with Gasteiger partial charge in [0.1, 0.15) is 17.6 Å². The number of ether oxygens (including phenoxy) is 3. The maximum Gasteiger partial charge on any atom is 0.343 e. The van der Waals surface area contributed by atoms with Crippen molar-refractivity contribution < 1.29 is 28.9 Å². The summed E-state index contributed by atoms with van der Waals surface area (Å²) in [5, 5.41) is 18.7. The molecule has 0 heterocycles. The largest absolute Gasteiger partial charge is 0.494 e. The van der Waals surface area contributed by atoms with Crippen LogP contribution in [0, 0.1) is 17.2 Å². The Labute approximate surface area is 212 Å². The number of carbonyl (C=O) groups excluding carboxylic acids is 2. The minimum Gasteiger partial charge on any atom is -0.494 e. The molecule has 0 spiro atoms. The molecule has 1 fully saturated rings. The zero-order chi connectivity index (χ0) is 25.8. The van der Waals surface area contributed by atoms with Crippen molar-refractivity contribution in [2.24, 2.45) is 5.92 Å². The Morgan fingerprint density at radius 2 is 1.81 bits per heavy atom. The minimum absolute atomic E-state index is 0.379. The molecular formula is C29H33NO6. The summed E-state index contributed by atoms with van der Waals surface area (Å²) < 4.78 is 16.4. The average molecular weight is 492 g/mol. The van der Waals surface area contributed by atoms with Crippen LogP contribution in [-0.4, -0.2) is 35.9 Å². The van der Waals surface area contributed by atoms with Crippen LogP contribution in [0.1, 0.15) is 67.8 Å². The van der Waals surface area contributed by atoms with Gasteiger partial charge in [0.25, 0.3) is 0 Å². The normalized spacial score (nSPS) is 19.4. The first kappa shape index (κ1) is 27.0. The lowest BCUT2D eigenvalue weighted by atomic mass is 9.83. The molecule has 3 unspecified atom stereocenters. The third-order valence-electron chi connectivity index (χ3n) is 6.12. The molecule has 36 heavy (non-hydrogen) atoms. The summed E-state index contributed by atoms with van der Waals surface area (Å²) in [5.74, 6) is 0.512. The van der Waals surface area contributed by atoms with E-state index in [1.54, 1.807) is 54.6 Å². The molecule has 2 aromatic rings. The lowest BCUT2D eigenvalue weighted by Gasteiger charge is -2.32. The molecule has 0 aliphatic heterocycles. The number of esters is 2. The van der Waals surface area contributed by atoms with Gasteiger partial charge in [-0.1, -0.05) is 31.9 Å². The zero-order valence-corrected chi connectivity index (χ0v) is 20.6. The molecule has 1 N–H and O–H groups in total. The summed E-state index contributed by atoms with van der Waals surface area (Å²) in [7, 11) is 0. The first-order valence-corrected chi connectivity index (χ1v) is 12.5. The van der Waals surface area contributed by atoms with Crippen molar-refractivity contribution in [3.8, 4) is 17.6 Å². The van der Waals surface area contributed by atoms with E-state index in [4.69, 9.17) is 19.5 Å². The van der Waals surface area contributed by atoms with E-state index in [-0.39, 0.29) is 0 Å². The van der Waals surface area contributed by atoms with Gasteiger partial charge in [-0.25, -0.2) is 9.59 Å². The number of hydrogen-bond donors (Lipinski definition) is 1. The third kappa shape index (κ3) is 8.54. The zero-order valence-electron chi connectivity index (χ0n) is 20.6. The second-order valence-corrected chi connectivity index (χ2v) is 8.94. The molecule has 1 aliphatic rings. The standard InChI is InChI=1S/C29H33NO6/c1-2-5-22-8-16-26(31)27(20-22)36-28(32)17-9-21-6-12-25(13-7-21)35-29(33)23-10-14-24(15-11-23)34-19-4-3-18-30/h6-7,9-15,17,22,26-27,31H,2-5,8,16,19-20H2,1H3/b17-9+. The van der Waals surface area contributed by atoms with E-state index in [2.05, 4.69) is 13.0 Å². The highest BCUT2D eigenvalue weighted by molar-refractivity contribution is 5.91. The molecule has 0 amide bonds. The summed E-state index contributed by atoms with van der Waals surface area (Å²) >= 11 is 0. The van der Waals surface area contributed by atoms with Gasteiger partial charge in [-0.3, -0.25) is 0 Å². The van der Waals surface area contributed by atoms with E-state index in [1.807, 2.05) is 0 Å². The van der Waals surface area contributed by atoms with Gasteiger partial charge >= 0.3 is 11.9 Å². The molecule has 1 aliphatic carbocycles. The monoisotopic (exact) mass is 491 g/mol. The van der Waals surface area contributed by atoms with Crippen molar-refractivity contribution in [2.45, 2.75) is 64.1 Å². The molecule has 1 saturated carbocycles. The predicted molar refractivity (Wildman–Crippen MR) is 135 cm³/mol. The van der Waals surface area contributed by atoms with Crippen LogP contribution in [0.3, 0.4) is 0 Å². The van der Waals surface area contributed by atoms with E-state index >= 15 is 0 Å². The number of aliphatic hydroxyl groups excluding tert-OH is 1. The predicted octanol–water partition coefficient (Wildman–Crippen LogP) is 5.47. The number of carbonyl (C=O) groups is 2. The van der Waals surface area contributed by atoms with Crippen LogP contribution < -0.4 is 9.47 Å². The molecule has 7 nitrogen and oxygen atoms in total. The fraction of sp³-hybridized carbons (Fsp3) is 0.414. The van der Waals surface area contributed by atoms with Crippen LogP contribution in [0.15, 0.2) is 54.6 Å². The Hall–Kier alpha value is -3.63. The summed E-state index contributed by atoms with van der Waals surface area (Å²) in [6.45, 7) is 2.58. The fourth-order valence-electron chi connectivity index (χ4n) is 4.19. The number of hydrogen-bond acceptors (Lipinski definition) is 7. The molecular weight excluding hydrogens is 458 g/mol. The first-order valence-electron chi connectivity index (χ1n) is 12.5. The van der Waals surface area contributed by atoms with E-state index < -0.39 is 24.1 Å². The van der Waals surface area contributed by atoms with E-state index in [0.717, 1.165) is 24.8 Å². The van der Waals surface area contributed by atoms with E-state index in [0.29, 0.717) is 55.3 Å². The Balaban J connectivity index is 1.47. The van der Waals surface area contributed by atoms with Gasteiger partial charge in [0.2, 0.25) is 0 Å². The van der Waals surface area contributed by atoms with Gasteiger partial charge < -0.3 is 19.3 Å². The Morgan fingerprint density at radius 3 is 2.50 bits per heavy atom. The van der Waals surface area contributed by atoms with Gasteiger partial charge in [-0.05, 0) is 79.6 Å². The first-order chi connectivity index (χ1) is 17.5. The minimum atomic E-state index is -0.609. The number of aliphatic hydroxyl groups is 1. The van der Waals surface area contributed by atoms with Crippen LogP contribution in [0.4, 0.5) is 0 Å². The maximum absolute atomic E-state index is 12.4. The molecule has 2 aromatic carbocycles.